The van der Waals surface area contributed by atoms with Crippen molar-refractivity contribution in [1.29, 1.82) is 0 Å². The predicted octanol–water partition coefficient (Wildman–Crippen LogP) is 4.24. The van der Waals surface area contributed by atoms with Gasteiger partial charge in [0.15, 0.2) is 0 Å². The molecule has 1 N–H and O–H groups in total. The first-order chi connectivity index (χ1) is 12.6. The van der Waals surface area contributed by atoms with Crippen LogP contribution in [-0.4, -0.2) is 26.1 Å². The summed E-state index contributed by atoms with van der Waals surface area (Å²) in [6.45, 7) is 2.91. The van der Waals surface area contributed by atoms with Crippen molar-refractivity contribution >= 4 is 36.7 Å². The van der Waals surface area contributed by atoms with Gasteiger partial charge in [-0.05, 0) is 56.1 Å². The van der Waals surface area contributed by atoms with Crippen molar-refractivity contribution in [3.8, 4) is 0 Å². The Morgan fingerprint density at radius 2 is 1.81 bits per heavy atom. The minimum Gasteiger partial charge on any atom is -0.346 e. The molecule has 136 valence electrons. The molecular formula is C20H21BrN2O2S. The first-order valence-corrected chi connectivity index (χ1v) is 11.1. The number of nitrogens with zero attached hydrogens (tertiary/aromatic N) is 1. The maximum Gasteiger partial charge on any atom is 0.208 e. The van der Waals surface area contributed by atoms with Crippen molar-refractivity contribution in [1.82, 2.24) is 9.88 Å². The monoisotopic (exact) mass is 432 g/mol. The highest BCUT2D eigenvalue weighted by molar-refractivity contribution is 9.10. The molecule has 2 heterocycles. The van der Waals surface area contributed by atoms with Crippen LogP contribution in [0.25, 0.3) is 10.9 Å². The van der Waals surface area contributed by atoms with Gasteiger partial charge in [0.25, 0.3) is 0 Å². The van der Waals surface area contributed by atoms with E-state index in [4.69, 9.17) is 0 Å². The fourth-order valence-corrected chi connectivity index (χ4v) is 5.51. The predicted molar refractivity (Wildman–Crippen MR) is 107 cm³/mol. The summed E-state index contributed by atoms with van der Waals surface area (Å²) in [6.07, 6.45) is 4.06. The summed E-state index contributed by atoms with van der Waals surface area (Å²) < 4.78 is 29.5. The van der Waals surface area contributed by atoms with Gasteiger partial charge >= 0.3 is 0 Å². The summed E-state index contributed by atoms with van der Waals surface area (Å²) in [4.78, 5) is 0.726. The van der Waals surface area contributed by atoms with Crippen LogP contribution < -0.4 is 5.32 Å². The molecule has 0 aliphatic carbocycles. The van der Waals surface area contributed by atoms with Crippen molar-refractivity contribution in [2.45, 2.75) is 29.2 Å². The number of piperidine rings is 1. The van der Waals surface area contributed by atoms with Crippen molar-refractivity contribution < 1.29 is 8.42 Å². The third-order valence-electron chi connectivity index (χ3n) is 5.06. The molecule has 4 nitrogen and oxygen atoms in total. The van der Waals surface area contributed by atoms with Crippen LogP contribution in [0, 0.1) is 5.92 Å². The number of hydrogen-bond donors (Lipinski definition) is 1. The summed E-state index contributed by atoms with van der Waals surface area (Å²) in [7, 11) is -3.55. The van der Waals surface area contributed by atoms with E-state index in [1.807, 2.05) is 30.5 Å². The third-order valence-corrected chi connectivity index (χ3v) is 7.35. The van der Waals surface area contributed by atoms with Gasteiger partial charge in [-0.15, -0.1) is 0 Å². The second-order valence-corrected chi connectivity index (χ2v) is 9.65. The van der Waals surface area contributed by atoms with E-state index in [0.717, 1.165) is 47.9 Å². The topological polar surface area (TPSA) is 51.1 Å². The number of rotatable bonds is 4. The molecule has 0 unspecified atom stereocenters. The lowest BCUT2D eigenvalue weighted by molar-refractivity contribution is 0.336. The van der Waals surface area contributed by atoms with Gasteiger partial charge in [0.05, 0.1) is 15.3 Å². The molecule has 2 aromatic carbocycles. The second kappa shape index (κ2) is 7.18. The molecule has 1 aromatic heterocycles. The van der Waals surface area contributed by atoms with Crippen LogP contribution in [0.15, 0.2) is 69.0 Å². The highest BCUT2D eigenvalue weighted by atomic mass is 79.9. The summed E-state index contributed by atoms with van der Waals surface area (Å²) in [5.41, 5.74) is 0.965. The first-order valence-electron chi connectivity index (χ1n) is 8.85. The Bertz CT molecular complexity index is 1020. The van der Waals surface area contributed by atoms with Crippen LogP contribution in [0.4, 0.5) is 0 Å². The number of nitrogens with one attached hydrogen (secondary N) is 1. The van der Waals surface area contributed by atoms with Gasteiger partial charge < -0.3 is 9.88 Å². The minimum atomic E-state index is -3.55. The van der Waals surface area contributed by atoms with Gasteiger partial charge in [-0.3, -0.25) is 0 Å². The van der Waals surface area contributed by atoms with E-state index in [0.29, 0.717) is 15.7 Å². The molecule has 1 aliphatic heterocycles. The SMILES string of the molecule is O=S(=O)(c1ccccc1)c1cn(CC2CCNCC2)c2cc(Br)ccc12. The van der Waals surface area contributed by atoms with Gasteiger partial charge in [-0.2, -0.15) is 0 Å². The van der Waals surface area contributed by atoms with Crippen LogP contribution in [0.2, 0.25) is 0 Å². The van der Waals surface area contributed by atoms with E-state index in [-0.39, 0.29) is 0 Å². The number of hydrogen-bond acceptors (Lipinski definition) is 3. The van der Waals surface area contributed by atoms with Crippen LogP contribution in [0.5, 0.6) is 0 Å². The van der Waals surface area contributed by atoms with Gasteiger partial charge in [-0.1, -0.05) is 40.2 Å². The standard InChI is InChI=1S/C20H21BrN2O2S/c21-16-6-7-18-19(12-16)23(13-15-8-10-22-11-9-15)14-20(18)26(24,25)17-4-2-1-3-5-17/h1-7,12,14-15,22H,8-11,13H2. The lowest BCUT2D eigenvalue weighted by Crippen LogP contribution is -2.29. The average molecular weight is 433 g/mol. The lowest BCUT2D eigenvalue weighted by atomic mass is 9.98. The van der Waals surface area contributed by atoms with Crippen molar-refractivity contribution in [3.05, 3.63) is 59.2 Å². The Morgan fingerprint density at radius 3 is 2.54 bits per heavy atom. The van der Waals surface area contributed by atoms with E-state index in [1.165, 1.54) is 0 Å². The van der Waals surface area contributed by atoms with Gasteiger partial charge in [0.1, 0.15) is 0 Å². The largest absolute Gasteiger partial charge is 0.346 e. The molecule has 0 amide bonds. The van der Waals surface area contributed by atoms with Crippen LogP contribution in [0.3, 0.4) is 0 Å². The number of sulfone groups is 1. The van der Waals surface area contributed by atoms with E-state index < -0.39 is 9.84 Å². The Kier molecular flexibility index (Phi) is 4.90. The molecule has 0 atom stereocenters. The summed E-state index contributed by atoms with van der Waals surface area (Å²) >= 11 is 3.52. The van der Waals surface area contributed by atoms with E-state index >= 15 is 0 Å². The normalized spacial score (nSPS) is 16.2. The quantitative estimate of drug-likeness (QED) is 0.670. The zero-order valence-corrected chi connectivity index (χ0v) is 16.8. The average Bonchev–Trinajstić information content (AvgIpc) is 3.02. The van der Waals surface area contributed by atoms with Crippen molar-refractivity contribution in [2.24, 2.45) is 5.92 Å². The number of benzene rings is 2. The fourth-order valence-electron chi connectivity index (χ4n) is 3.67. The molecule has 0 spiro atoms. The Balaban J connectivity index is 1.83. The highest BCUT2D eigenvalue weighted by Gasteiger charge is 2.24. The van der Waals surface area contributed by atoms with E-state index in [1.54, 1.807) is 24.3 Å². The number of aromatic nitrogens is 1. The van der Waals surface area contributed by atoms with Crippen LogP contribution in [0.1, 0.15) is 12.8 Å². The van der Waals surface area contributed by atoms with Crippen molar-refractivity contribution in [2.75, 3.05) is 13.1 Å². The molecule has 1 fully saturated rings. The van der Waals surface area contributed by atoms with Gasteiger partial charge in [0, 0.05) is 22.6 Å². The van der Waals surface area contributed by atoms with Gasteiger partial charge in [0.2, 0.25) is 9.84 Å². The molecule has 3 aromatic rings. The maximum absolute atomic E-state index is 13.2. The molecule has 4 rings (SSSR count). The highest BCUT2D eigenvalue weighted by Crippen LogP contribution is 2.33. The molecule has 1 aliphatic rings. The fraction of sp³-hybridized carbons (Fsp3) is 0.300. The van der Waals surface area contributed by atoms with Crippen LogP contribution in [-0.2, 0) is 16.4 Å². The lowest BCUT2D eigenvalue weighted by Gasteiger charge is -2.23. The van der Waals surface area contributed by atoms with Crippen LogP contribution >= 0.6 is 15.9 Å². The van der Waals surface area contributed by atoms with Gasteiger partial charge in [-0.25, -0.2) is 8.42 Å². The van der Waals surface area contributed by atoms with E-state index in [2.05, 4.69) is 25.8 Å². The maximum atomic E-state index is 13.2. The molecular weight excluding hydrogens is 412 g/mol. The summed E-state index contributed by atoms with van der Waals surface area (Å²) in [6, 6.07) is 14.5. The summed E-state index contributed by atoms with van der Waals surface area (Å²) in [5, 5.41) is 4.17. The molecule has 6 heteroatoms. The Morgan fingerprint density at radius 1 is 1.08 bits per heavy atom. The number of fused-ring (bicyclic) bond motifs is 1. The second-order valence-electron chi connectivity index (χ2n) is 6.82. The first kappa shape index (κ1) is 17.8. The molecule has 0 radical (unpaired) electrons. The minimum absolute atomic E-state index is 0.337. The third kappa shape index (κ3) is 3.33. The Hall–Kier alpha value is -1.63. The number of halogens is 1. The molecule has 0 bridgehead atoms. The molecule has 1 saturated heterocycles. The zero-order chi connectivity index (χ0) is 18.1. The summed E-state index contributed by atoms with van der Waals surface area (Å²) in [5.74, 6) is 0.568. The molecule has 0 saturated carbocycles. The van der Waals surface area contributed by atoms with Crippen molar-refractivity contribution in [3.63, 3.8) is 0 Å². The molecule has 26 heavy (non-hydrogen) atoms. The smallest absolute Gasteiger partial charge is 0.208 e. The van der Waals surface area contributed by atoms with E-state index in [9.17, 15) is 8.42 Å². The zero-order valence-electron chi connectivity index (χ0n) is 14.4. The Labute approximate surface area is 162 Å².